The Morgan fingerprint density at radius 1 is 1.42 bits per heavy atom. The molecule has 2 heterocycles. The molecule has 0 amide bonds. The Balaban J connectivity index is 2.29. The predicted octanol–water partition coefficient (Wildman–Crippen LogP) is 2.20. The number of nitrogens with two attached hydrogens (primary N) is 1. The first-order chi connectivity index (χ1) is 8.89. The van der Waals surface area contributed by atoms with Crippen molar-refractivity contribution in [2.75, 3.05) is 11.4 Å². The summed E-state index contributed by atoms with van der Waals surface area (Å²) in [5.41, 5.74) is 4.99. The van der Waals surface area contributed by atoms with Gasteiger partial charge in [-0.05, 0) is 32.3 Å². The number of nitrogens with zero attached hydrogens (tertiary/aromatic N) is 3. The van der Waals surface area contributed by atoms with Crippen LogP contribution in [0.2, 0.25) is 0 Å². The van der Waals surface area contributed by atoms with Crippen molar-refractivity contribution in [3.63, 3.8) is 0 Å². The molecule has 1 fully saturated rings. The SMILES string of the molecule is CC(N)C1CCCCN1c1nccc(C(F)(F)F)n1. The van der Waals surface area contributed by atoms with E-state index in [1.54, 1.807) is 4.90 Å². The van der Waals surface area contributed by atoms with E-state index in [9.17, 15) is 13.2 Å². The molecule has 0 saturated carbocycles. The van der Waals surface area contributed by atoms with E-state index in [-0.39, 0.29) is 18.0 Å². The summed E-state index contributed by atoms with van der Waals surface area (Å²) in [4.78, 5) is 9.40. The Morgan fingerprint density at radius 2 is 2.16 bits per heavy atom. The van der Waals surface area contributed by atoms with E-state index in [0.29, 0.717) is 6.54 Å². The Bertz CT molecular complexity index is 433. The summed E-state index contributed by atoms with van der Waals surface area (Å²) in [6.45, 7) is 2.50. The molecule has 0 bridgehead atoms. The second-order valence-corrected chi connectivity index (χ2v) is 4.86. The van der Waals surface area contributed by atoms with E-state index in [2.05, 4.69) is 9.97 Å². The van der Waals surface area contributed by atoms with E-state index in [4.69, 9.17) is 5.73 Å². The summed E-state index contributed by atoms with van der Waals surface area (Å²) in [5.74, 6) is 0.122. The monoisotopic (exact) mass is 274 g/mol. The molecule has 7 heteroatoms. The molecule has 0 aromatic carbocycles. The topological polar surface area (TPSA) is 55.0 Å². The normalized spacial score (nSPS) is 22.4. The first-order valence-corrected chi connectivity index (χ1v) is 6.32. The van der Waals surface area contributed by atoms with Crippen LogP contribution in [0.3, 0.4) is 0 Å². The van der Waals surface area contributed by atoms with Gasteiger partial charge in [0.1, 0.15) is 5.69 Å². The predicted molar refractivity (Wildman–Crippen MR) is 65.7 cm³/mol. The van der Waals surface area contributed by atoms with Crippen LogP contribution >= 0.6 is 0 Å². The van der Waals surface area contributed by atoms with E-state index in [0.717, 1.165) is 31.5 Å². The lowest BCUT2D eigenvalue weighted by atomic mass is 9.97. The smallest absolute Gasteiger partial charge is 0.336 e. The van der Waals surface area contributed by atoms with Crippen molar-refractivity contribution in [1.29, 1.82) is 0 Å². The van der Waals surface area contributed by atoms with Gasteiger partial charge in [0.2, 0.25) is 5.95 Å². The Morgan fingerprint density at radius 3 is 2.79 bits per heavy atom. The molecule has 19 heavy (non-hydrogen) atoms. The molecule has 0 aliphatic carbocycles. The summed E-state index contributed by atoms with van der Waals surface area (Å²) in [5, 5.41) is 0. The van der Waals surface area contributed by atoms with Crippen molar-refractivity contribution < 1.29 is 13.2 Å². The van der Waals surface area contributed by atoms with Gasteiger partial charge in [0.05, 0.1) is 0 Å². The van der Waals surface area contributed by atoms with E-state index in [1.165, 1.54) is 0 Å². The first kappa shape index (κ1) is 14.0. The average Bonchev–Trinajstić information content (AvgIpc) is 2.38. The zero-order valence-corrected chi connectivity index (χ0v) is 10.7. The van der Waals surface area contributed by atoms with Crippen molar-refractivity contribution in [1.82, 2.24) is 9.97 Å². The van der Waals surface area contributed by atoms with Crippen molar-refractivity contribution in [2.24, 2.45) is 5.73 Å². The van der Waals surface area contributed by atoms with Crippen LogP contribution in [-0.2, 0) is 6.18 Å². The van der Waals surface area contributed by atoms with E-state index < -0.39 is 11.9 Å². The lowest BCUT2D eigenvalue weighted by molar-refractivity contribution is -0.141. The zero-order valence-electron chi connectivity index (χ0n) is 10.7. The maximum absolute atomic E-state index is 12.7. The van der Waals surface area contributed by atoms with Crippen LogP contribution in [0.4, 0.5) is 19.1 Å². The lowest BCUT2D eigenvalue weighted by Crippen LogP contribution is -2.50. The Kier molecular flexibility index (Phi) is 3.93. The molecule has 1 saturated heterocycles. The van der Waals surface area contributed by atoms with Gasteiger partial charge in [0.25, 0.3) is 0 Å². The molecule has 4 nitrogen and oxygen atoms in total. The average molecular weight is 274 g/mol. The largest absolute Gasteiger partial charge is 0.433 e. The van der Waals surface area contributed by atoms with Gasteiger partial charge in [-0.25, -0.2) is 9.97 Å². The van der Waals surface area contributed by atoms with Crippen molar-refractivity contribution >= 4 is 5.95 Å². The fourth-order valence-corrected chi connectivity index (χ4v) is 2.40. The van der Waals surface area contributed by atoms with Gasteiger partial charge < -0.3 is 10.6 Å². The molecule has 106 valence electrons. The quantitative estimate of drug-likeness (QED) is 0.898. The lowest BCUT2D eigenvalue weighted by Gasteiger charge is -2.38. The van der Waals surface area contributed by atoms with Gasteiger partial charge >= 0.3 is 6.18 Å². The highest BCUT2D eigenvalue weighted by Crippen LogP contribution is 2.29. The minimum absolute atomic E-state index is 0.00256. The van der Waals surface area contributed by atoms with Gasteiger partial charge in [0.15, 0.2) is 0 Å². The number of piperidine rings is 1. The van der Waals surface area contributed by atoms with Crippen molar-refractivity contribution in [3.8, 4) is 0 Å². The molecule has 0 radical (unpaired) electrons. The van der Waals surface area contributed by atoms with Crippen LogP contribution in [0, 0.1) is 0 Å². The second-order valence-electron chi connectivity index (χ2n) is 4.86. The third-order valence-electron chi connectivity index (χ3n) is 3.35. The Labute approximate surface area is 109 Å². The Hall–Kier alpha value is -1.37. The molecule has 1 aliphatic heterocycles. The molecule has 2 rings (SSSR count). The highest BCUT2D eigenvalue weighted by atomic mass is 19.4. The summed E-state index contributed by atoms with van der Waals surface area (Å²) < 4.78 is 38.0. The molecule has 0 spiro atoms. The third-order valence-corrected chi connectivity index (χ3v) is 3.35. The number of hydrogen-bond acceptors (Lipinski definition) is 4. The zero-order chi connectivity index (χ0) is 14.0. The molecule has 2 atom stereocenters. The standard InChI is InChI=1S/C12H17F3N4/c1-8(16)9-4-2-3-7-19(9)11-17-6-5-10(18-11)12(13,14)15/h5-6,8-9H,2-4,7,16H2,1H3. The molecular formula is C12H17F3N4. The minimum atomic E-state index is -4.45. The summed E-state index contributed by atoms with van der Waals surface area (Å²) in [6.07, 6.45) is -0.489. The molecular weight excluding hydrogens is 257 g/mol. The van der Waals surface area contributed by atoms with Gasteiger partial charge in [-0.2, -0.15) is 13.2 Å². The molecule has 1 aliphatic rings. The minimum Gasteiger partial charge on any atom is -0.336 e. The van der Waals surface area contributed by atoms with E-state index >= 15 is 0 Å². The van der Waals surface area contributed by atoms with Crippen LogP contribution in [0.15, 0.2) is 12.3 Å². The summed E-state index contributed by atoms with van der Waals surface area (Å²) >= 11 is 0. The summed E-state index contributed by atoms with van der Waals surface area (Å²) in [6, 6.07) is 0.754. The number of rotatable bonds is 2. The van der Waals surface area contributed by atoms with Crippen LogP contribution in [0.1, 0.15) is 31.9 Å². The molecule has 1 aromatic heterocycles. The van der Waals surface area contributed by atoms with E-state index in [1.807, 2.05) is 6.92 Å². The number of hydrogen-bond donors (Lipinski definition) is 1. The van der Waals surface area contributed by atoms with Crippen LogP contribution in [-0.4, -0.2) is 28.6 Å². The number of alkyl halides is 3. The highest BCUT2D eigenvalue weighted by molar-refractivity contribution is 5.34. The van der Waals surface area contributed by atoms with Crippen molar-refractivity contribution in [3.05, 3.63) is 18.0 Å². The molecule has 2 N–H and O–H groups in total. The molecule has 2 unspecified atom stereocenters. The van der Waals surface area contributed by atoms with Crippen LogP contribution in [0.25, 0.3) is 0 Å². The fraction of sp³-hybridized carbons (Fsp3) is 0.667. The second kappa shape index (κ2) is 5.32. The molecule has 1 aromatic rings. The third kappa shape index (κ3) is 3.15. The van der Waals surface area contributed by atoms with Crippen LogP contribution in [0.5, 0.6) is 0 Å². The van der Waals surface area contributed by atoms with Gasteiger partial charge in [-0.3, -0.25) is 0 Å². The number of halogens is 3. The van der Waals surface area contributed by atoms with Gasteiger partial charge in [0, 0.05) is 24.8 Å². The van der Waals surface area contributed by atoms with Gasteiger partial charge in [-0.1, -0.05) is 0 Å². The summed E-state index contributed by atoms with van der Waals surface area (Å²) in [7, 11) is 0. The fourth-order valence-electron chi connectivity index (χ4n) is 2.40. The number of aromatic nitrogens is 2. The van der Waals surface area contributed by atoms with Gasteiger partial charge in [-0.15, -0.1) is 0 Å². The van der Waals surface area contributed by atoms with Crippen LogP contribution < -0.4 is 10.6 Å². The first-order valence-electron chi connectivity index (χ1n) is 6.32. The highest BCUT2D eigenvalue weighted by Gasteiger charge is 2.34. The maximum atomic E-state index is 12.7. The number of anilines is 1. The maximum Gasteiger partial charge on any atom is 0.433 e. The van der Waals surface area contributed by atoms with Crippen molar-refractivity contribution in [2.45, 2.75) is 44.4 Å².